The predicted molar refractivity (Wildman–Crippen MR) is 147 cm³/mol. The quantitative estimate of drug-likeness (QED) is 0.287. The van der Waals surface area contributed by atoms with Crippen molar-refractivity contribution >= 4 is 22.6 Å². The molecule has 3 aromatic heterocycles. The number of phenols is 1. The van der Waals surface area contributed by atoms with E-state index in [0.717, 1.165) is 0 Å². The summed E-state index contributed by atoms with van der Waals surface area (Å²) in [6.45, 7) is 5.05. The summed E-state index contributed by atoms with van der Waals surface area (Å²) in [4.78, 5) is 35.2. The van der Waals surface area contributed by atoms with Gasteiger partial charge >= 0.3 is 0 Å². The van der Waals surface area contributed by atoms with E-state index in [9.17, 15) is 19.8 Å². The van der Waals surface area contributed by atoms with E-state index >= 15 is 0 Å². The zero-order valence-electron chi connectivity index (χ0n) is 21.6. The second-order valence-corrected chi connectivity index (χ2v) is 9.73. The normalized spacial score (nSPS) is 11.5. The fourth-order valence-corrected chi connectivity index (χ4v) is 4.31. The van der Waals surface area contributed by atoms with Gasteiger partial charge in [0.1, 0.15) is 28.6 Å². The second-order valence-electron chi connectivity index (χ2n) is 9.73. The molecule has 0 aliphatic heterocycles. The zero-order valence-corrected chi connectivity index (χ0v) is 21.6. The molecule has 39 heavy (non-hydrogen) atoms. The number of pyridine rings is 2. The summed E-state index contributed by atoms with van der Waals surface area (Å²) in [7, 11) is 0. The fraction of sp³-hybridized carbons (Fsp3) is 0.172. The van der Waals surface area contributed by atoms with Crippen LogP contribution in [0.3, 0.4) is 0 Å². The Morgan fingerprint density at radius 1 is 1.05 bits per heavy atom. The van der Waals surface area contributed by atoms with Crippen LogP contribution in [0, 0.1) is 6.92 Å². The van der Waals surface area contributed by atoms with Crippen LogP contribution in [0.4, 0.5) is 5.82 Å². The maximum Gasteiger partial charge on any atom is 0.284 e. The Bertz CT molecular complexity index is 1720. The fourth-order valence-electron chi connectivity index (χ4n) is 4.31. The number of phenolic OH excluding ortho intramolecular Hbond substituents is 1. The van der Waals surface area contributed by atoms with Crippen LogP contribution in [0.2, 0.25) is 0 Å². The lowest BCUT2D eigenvalue weighted by atomic mass is 10.1. The number of carbonyl (C=O) groups is 1. The van der Waals surface area contributed by atoms with E-state index < -0.39 is 17.1 Å². The summed E-state index contributed by atoms with van der Waals surface area (Å²) in [5, 5.41) is 23.6. The molecule has 0 fully saturated rings. The van der Waals surface area contributed by atoms with Crippen LogP contribution in [-0.4, -0.2) is 41.1 Å². The summed E-state index contributed by atoms with van der Waals surface area (Å²) in [6, 6.07) is 18.7. The van der Waals surface area contributed by atoms with Crippen LogP contribution in [0.1, 0.15) is 29.9 Å². The molecule has 198 valence electrons. The number of rotatable bonds is 7. The number of nitrogens with one attached hydrogen (secondary N) is 1. The van der Waals surface area contributed by atoms with E-state index in [-0.39, 0.29) is 23.7 Å². The van der Waals surface area contributed by atoms with E-state index in [4.69, 9.17) is 4.74 Å². The first-order valence-corrected chi connectivity index (χ1v) is 12.2. The summed E-state index contributed by atoms with van der Waals surface area (Å²) < 4.78 is 8.95. The highest BCUT2D eigenvalue weighted by Crippen LogP contribution is 2.30. The van der Waals surface area contributed by atoms with Gasteiger partial charge in [-0.05, 0) is 63.2 Å². The summed E-state index contributed by atoms with van der Waals surface area (Å²) in [6.07, 6.45) is 3.03. The number of amides is 1. The zero-order chi connectivity index (χ0) is 27.7. The molecule has 10 nitrogen and oxygen atoms in total. The highest BCUT2D eigenvalue weighted by Gasteiger charge is 2.27. The molecule has 0 radical (unpaired) electrons. The maximum atomic E-state index is 13.5. The molecule has 0 spiro atoms. The lowest BCUT2D eigenvalue weighted by Crippen LogP contribution is -2.32. The Balaban J connectivity index is 1.41. The van der Waals surface area contributed by atoms with Crippen molar-refractivity contribution < 1.29 is 19.7 Å². The number of nitrogens with zero attached hydrogens (tertiary/aromatic N) is 4. The molecular weight excluding hydrogens is 498 g/mol. The minimum Gasteiger partial charge on any atom is -0.508 e. The van der Waals surface area contributed by atoms with Crippen LogP contribution in [-0.2, 0) is 6.54 Å². The number of benzene rings is 2. The minimum absolute atomic E-state index is 0.0447. The summed E-state index contributed by atoms with van der Waals surface area (Å²) >= 11 is 0. The maximum absolute atomic E-state index is 13.5. The highest BCUT2D eigenvalue weighted by atomic mass is 16.5. The van der Waals surface area contributed by atoms with Gasteiger partial charge in [-0.15, -0.1) is 0 Å². The van der Waals surface area contributed by atoms with Gasteiger partial charge in [0.25, 0.3) is 11.5 Å². The first-order chi connectivity index (χ1) is 18.6. The third-order valence-electron chi connectivity index (χ3n) is 6.05. The van der Waals surface area contributed by atoms with Crippen LogP contribution in [0.15, 0.2) is 83.9 Å². The van der Waals surface area contributed by atoms with Crippen molar-refractivity contribution in [3.8, 4) is 22.9 Å². The van der Waals surface area contributed by atoms with Gasteiger partial charge in [-0.1, -0.05) is 18.2 Å². The largest absolute Gasteiger partial charge is 0.508 e. The Morgan fingerprint density at radius 2 is 1.82 bits per heavy atom. The Kier molecular flexibility index (Phi) is 6.63. The van der Waals surface area contributed by atoms with E-state index in [1.807, 2.05) is 6.07 Å². The molecule has 0 bridgehead atoms. The summed E-state index contributed by atoms with van der Waals surface area (Å²) in [5.41, 5.74) is -0.102. The van der Waals surface area contributed by atoms with Gasteiger partial charge in [0.05, 0.1) is 35.2 Å². The minimum atomic E-state index is -1.13. The molecule has 0 aliphatic carbocycles. The number of hydrogen-bond donors (Lipinski definition) is 3. The molecule has 3 N–H and O–H groups in total. The number of aliphatic hydroxyl groups is 1. The summed E-state index contributed by atoms with van der Waals surface area (Å²) in [5.74, 6) is 0.682. The molecular formula is C29H27N5O5. The average Bonchev–Trinajstić information content (AvgIpc) is 3.13. The van der Waals surface area contributed by atoms with Gasteiger partial charge in [-0.2, -0.15) is 0 Å². The number of hydrogen-bond acceptors (Lipinski definition) is 7. The first-order valence-electron chi connectivity index (χ1n) is 12.2. The van der Waals surface area contributed by atoms with Crippen molar-refractivity contribution in [1.82, 2.24) is 19.3 Å². The lowest BCUT2D eigenvalue weighted by molar-refractivity contribution is 0.0546. The molecule has 0 unspecified atom stereocenters. The van der Waals surface area contributed by atoms with Crippen molar-refractivity contribution in [1.29, 1.82) is 0 Å². The first kappa shape index (κ1) is 25.7. The standard InChI is InChI=1S/C29H27N5O5/c1-18-26(28(37)34(19-7-5-4-6-8-19)33(18)17-29(2,3)38)27(36)32-25-12-10-21(16-31-25)39-24-13-14-30-23-15-20(35)9-11-22(23)24/h4-16,35,38H,17H2,1-3H3,(H,31,32,36). The Hall–Kier alpha value is -4.96. The molecule has 0 saturated heterocycles. The molecule has 0 aliphatic rings. The van der Waals surface area contributed by atoms with Gasteiger partial charge in [-0.25, -0.2) is 9.67 Å². The number of aromatic hydroxyl groups is 1. The monoisotopic (exact) mass is 525 g/mol. The highest BCUT2D eigenvalue weighted by molar-refractivity contribution is 6.04. The van der Waals surface area contributed by atoms with Crippen molar-refractivity contribution in [3.63, 3.8) is 0 Å². The van der Waals surface area contributed by atoms with Crippen molar-refractivity contribution in [2.24, 2.45) is 0 Å². The van der Waals surface area contributed by atoms with Crippen molar-refractivity contribution in [2.75, 3.05) is 5.32 Å². The van der Waals surface area contributed by atoms with Crippen molar-refractivity contribution in [2.45, 2.75) is 32.9 Å². The third-order valence-corrected chi connectivity index (χ3v) is 6.05. The lowest BCUT2D eigenvalue weighted by Gasteiger charge is -2.22. The van der Waals surface area contributed by atoms with E-state index in [1.165, 1.54) is 10.9 Å². The van der Waals surface area contributed by atoms with E-state index in [2.05, 4.69) is 15.3 Å². The van der Waals surface area contributed by atoms with Gasteiger partial charge in [-0.3, -0.25) is 19.3 Å². The molecule has 10 heteroatoms. The molecule has 1 amide bonds. The average molecular weight is 526 g/mol. The molecule has 3 heterocycles. The van der Waals surface area contributed by atoms with E-state index in [0.29, 0.717) is 33.8 Å². The Morgan fingerprint density at radius 3 is 2.51 bits per heavy atom. The molecule has 5 aromatic rings. The Labute approximate surface area is 223 Å². The van der Waals surface area contributed by atoms with E-state index in [1.54, 1.807) is 92.3 Å². The molecule has 0 saturated carbocycles. The number of para-hydroxylation sites is 1. The van der Waals surface area contributed by atoms with Gasteiger partial charge in [0.15, 0.2) is 0 Å². The topological polar surface area (TPSA) is 132 Å². The van der Waals surface area contributed by atoms with Crippen molar-refractivity contribution in [3.05, 3.63) is 101 Å². The second kappa shape index (κ2) is 10.1. The molecule has 5 rings (SSSR count). The number of anilines is 1. The number of fused-ring (bicyclic) bond motifs is 1. The van der Waals surface area contributed by atoms with Crippen LogP contribution in [0.25, 0.3) is 16.6 Å². The number of ether oxygens (including phenoxy) is 1. The number of aromatic nitrogens is 4. The van der Waals surface area contributed by atoms with Crippen LogP contribution >= 0.6 is 0 Å². The van der Waals surface area contributed by atoms with Crippen LogP contribution < -0.4 is 15.6 Å². The molecule has 2 aromatic carbocycles. The predicted octanol–water partition coefficient (Wildman–Crippen LogP) is 4.41. The van der Waals surface area contributed by atoms with Gasteiger partial charge < -0.3 is 20.3 Å². The number of carbonyl (C=O) groups excluding carboxylic acids is 1. The smallest absolute Gasteiger partial charge is 0.284 e. The van der Waals surface area contributed by atoms with Gasteiger partial charge in [0, 0.05) is 17.6 Å². The van der Waals surface area contributed by atoms with Crippen LogP contribution in [0.5, 0.6) is 17.2 Å². The van der Waals surface area contributed by atoms with Gasteiger partial charge in [0.2, 0.25) is 0 Å². The molecule has 0 atom stereocenters. The SMILES string of the molecule is Cc1c(C(=O)Nc2ccc(Oc3ccnc4cc(O)ccc34)cn2)c(=O)n(-c2ccccc2)n1CC(C)(C)O. The third kappa shape index (κ3) is 5.36.